The zero-order valence-corrected chi connectivity index (χ0v) is 19.8. The number of benzene rings is 1. The summed E-state index contributed by atoms with van der Waals surface area (Å²) in [5, 5.41) is 5.84. The smallest absolute Gasteiger partial charge is 0.317 e. The van der Waals surface area contributed by atoms with Gasteiger partial charge in [0.05, 0.1) is 16.1 Å². The van der Waals surface area contributed by atoms with Crippen molar-refractivity contribution in [2.75, 3.05) is 25.5 Å². The van der Waals surface area contributed by atoms with E-state index < -0.39 is 15.8 Å². The van der Waals surface area contributed by atoms with Crippen molar-refractivity contribution in [1.82, 2.24) is 15.2 Å². The van der Waals surface area contributed by atoms with Crippen LogP contribution in [0.1, 0.15) is 42.0 Å². The zero-order chi connectivity index (χ0) is 22.9. The summed E-state index contributed by atoms with van der Waals surface area (Å²) in [6, 6.07) is 6.61. The van der Waals surface area contributed by atoms with E-state index in [1.807, 2.05) is 6.92 Å². The summed E-state index contributed by atoms with van der Waals surface area (Å²) in [6.07, 6.45) is 4.53. The highest BCUT2D eigenvalue weighted by atomic mass is 32.2. The van der Waals surface area contributed by atoms with Crippen LogP contribution in [0.3, 0.4) is 0 Å². The summed E-state index contributed by atoms with van der Waals surface area (Å²) < 4.78 is 25.1. The quantitative estimate of drug-likeness (QED) is 0.638. The van der Waals surface area contributed by atoms with Crippen molar-refractivity contribution in [2.45, 2.75) is 48.7 Å². The lowest BCUT2D eigenvalue weighted by Gasteiger charge is -2.21. The SMILES string of the molecule is CNC(=O)N1CC[C@H](C[C@@H](C(=O)Nc2ncc(C)s2)c2ccc(S(=O)(=O)C3CC3)cc2)C1. The molecule has 0 unspecified atom stereocenters. The summed E-state index contributed by atoms with van der Waals surface area (Å²) in [6.45, 7) is 3.17. The molecule has 4 rings (SSSR count). The Hall–Kier alpha value is -2.46. The first-order chi connectivity index (χ1) is 15.3. The number of rotatable bonds is 7. The molecular formula is C22H28N4O4S2. The van der Waals surface area contributed by atoms with Gasteiger partial charge >= 0.3 is 6.03 Å². The number of hydrogen-bond acceptors (Lipinski definition) is 6. The summed E-state index contributed by atoms with van der Waals surface area (Å²) in [5.41, 5.74) is 0.768. The van der Waals surface area contributed by atoms with Gasteiger partial charge in [0.15, 0.2) is 15.0 Å². The van der Waals surface area contributed by atoms with Gasteiger partial charge in [-0.3, -0.25) is 4.79 Å². The third-order valence-corrected chi connectivity index (χ3v) is 9.20. The first-order valence-electron chi connectivity index (χ1n) is 10.8. The first kappa shape index (κ1) is 22.7. The highest BCUT2D eigenvalue weighted by Crippen LogP contribution is 2.35. The van der Waals surface area contributed by atoms with Crippen LogP contribution in [0.5, 0.6) is 0 Å². The van der Waals surface area contributed by atoms with Crippen molar-refractivity contribution in [2.24, 2.45) is 5.92 Å². The van der Waals surface area contributed by atoms with Gasteiger partial charge in [-0.1, -0.05) is 12.1 Å². The number of likely N-dealkylation sites (tertiary alicyclic amines) is 1. The van der Waals surface area contributed by atoms with E-state index in [2.05, 4.69) is 15.6 Å². The van der Waals surface area contributed by atoms with Gasteiger partial charge in [-0.25, -0.2) is 18.2 Å². The Labute approximate surface area is 192 Å². The molecule has 172 valence electrons. The van der Waals surface area contributed by atoms with Crippen molar-refractivity contribution >= 4 is 38.2 Å². The van der Waals surface area contributed by atoms with E-state index in [1.165, 1.54) is 11.3 Å². The fourth-order valence-corrected chi connectivity index (χ4v) is 6.49. The van der Waals surface area contributed by atoms with Crippen LogP contribution < -0.4 is 10.6 Å². The lowest BCUT2D eigenvalue weighted by molar-refractivity contribution is -0.118. The molecule has 2 aliphatic rings. The van der Waals surface area contributed by atoms with Crippen LogP contribution in [-0.2, 0) is 14.6 Å². The molecule has 0 spiro atoms. The molecule has 2 atom stereocenters. The Bertz CT molecular complexity index is 1090. The highest BCUT2D eigenvalue weighted by molar-refractivity contribution is 7.92. The Morgan fingerprint density at radius 2 is 1.94 bits per heavy atom. The van der Waals surface area contributed by atoms with Gasteiger partial charge in [0, 0.05) is 31.2 Å². The molecule has 3 amide bonds. The minimum atomic E-state index is -3.28. The van der Waals surface area contributed by atoms with E-state index >= 15 is 0 Å². The van der Waals surface area contributed by atoms with Crippen LogP contribution in [0.2, 0.25) is 0 Å². The average molecular weight is 477 g/mol. The maximum Gasteiger partial charge on any atom is 0.317 e. The van der Waals surface area contributed by atoms with Crippen molar-refractivity contribution in [3.63, 3.8) is 0 Å². The molecule has 1 aliphatic heterocycles. The molecule has 0 radical (unpaired) electrons. The van der Waals surface area contributed by atoms with Gasteiger partial charge in [-0.2, -0.15) is 0 Å². The average Bonchev–Trinajstić information content (AvgIpc) is 3.42. The Morgan fingerprint density at radius 3 is 2.53 bits per heavy atom. The van der Waals surface area contributed by atoms with Crippen molar-refractivity contribution in [3.05, 3.63) is 40.9 Å². The minimum Gasteiger partial charge on any atom is -0.341 e. The number of urea groups is 1. The van der Waals surface area contributed by atoms with Crippen molar-refractivity contribution in [3.8, 4) is 0 Å². The number of aromatic nitrogens is 1. The first-order valence-corrected chi connectivity index (χ1v) is 13.2. The molecule has 2 aromatic rings. The van der Waals surface area contributed by atoms with Gasteiger partial charge in [0.25, 0.3) is 0 Å². The molecule has 1 aromatic heterocycles. The molecule has 2 N–H and O–H groups in total. The maximum atomic E-state index is 13.2. The van der Waals surface area contributed by atoms with E-state index in [0.717, 1.165) is 16.9 Å². The van der Waals surface area contributed by atoms with E-state index in [-0.39, 0.29) is 23.1 Å². The fourth-order valence-electron chi connectivity index (χ4n) is 4.16. The standard InChI is InChI=1S/C22H28N4O4S2/c1-14-12-24-21(31-14)25-20(27)19(11-15-9-10-26(13-15)22(28)23-2)16-3-5-17(6-4-16)32(29,30)18-7-8-18/h3-6,12,15,18-19H,7-11,13H2,1-2H3,(H,23,28)(H,24,25,27)/t15-,19-/m1/s1. The number of thiazole rings is 1. The largest absolute Gasteiger partial charge is 0.341 e. The maximum absolute atomic E-state index is 13.2. The van der Waals surface area contributed by atoms with Crippen molar-refractivity contribution < 1.29 is 18.0 Å². The van der Waals surface area contributed by atoms with Crippen LogP contribution in [-0.4, -0.2) is 55.6 Å². The number of sulfone groups is 1. The second-order valence-electron chi connectivity index (χ2n) is 8.52. The molecule has 1 saturated heterocycles. The van der Waals surface area contributed by atoms with Crippen LogP contribution in [0, 0.1) is 12.8 Å². The highest BCUT2D eigenvalue weighted by Gasteiger charge is 2.37. The van der Waals surface area contributed by atoms with Crippen LogP contribution in [0.4, 0.5) is 9.93 Å². The predicted molar refractivity (Wildman–Crippen MR) is 124 cm³/mol. The molecule has 8 nitrogen and oxygen atoms in total. The number of carbonyl (C=O) groups excluding carboxylic acids is 2. The number of nitrogens with one attached hydrogen (secondary N) is 2. The summed E-state index contributed by atoms with van der Waals surface area (Å²) >= 11 is 1.41. The second kappa shape index (κ2) is 9.19. The molecular weight excluding hydrogens is 448 g/mol. The summed E-state index contributed by atoms with van der Waals surface area (Å²) in [4.78, 5) is 32.5. The van der Waals surface area contributed by atoms with E-state index in [0.29, 0.717) is 42.4 Å². The van der Waals surface area contributed by atoms with Crippen molar-refractivity contribution in [1.29, 1.82) is 0 Å². The van der Waals surface area contributed by atoms with Crippen LogP contribution in [0.25, 0.3) is 0 Å². The van der Waals surface area contributed by atoms with Gasteiger partial charge < -0.3 is 15.5 Å². The molecule has 0 bridgehead atoms. The molecule has 2 fully saturated rings. The zero-order valence-electron chi connectivity index (χ0n) is 18.2. The van der Waals surface area contributed by atoms with E-state index in [9.17, 15) is 18.0 Å². The number of hydrogen-bond donors (Lipinski definition) is 2. The second-order valence-corrected chi connectivity index (χ2v) is 12.0. The Kier molecular flexibility index (Phi) is 6.52. The van der Waals surface area contributed by atoms with Crippen LogP contribution in [0.15, 0.2) is 35.4 Å². The van der Waals surface area contributed by atoms with E-state index in [4.69, 9.17) is 0 Å². The van der Waals surface area contributed by atoms with E-state index in [1.54, 1.807) is 42.4 Å². The fraction of sp³-hybridized carbons (Fsp3) is 0.500. The third kappa shape index (κ3) is 4.96. The summed E-state index contributed by atoms with van der Waals surface area (Å²) in [5.74, 6) is -0.460. The number of carbonyl (C=O) groups is 2. The number of nitrogens with zero attached hydrogens (tertiary/aromatic N) is 2. The lowest BCUT2D eigenvalue weighted by Crippen LogP contribution is -2.36. The van der Waals surface area contributed by atoms with Crippen LogP contribution >= 0.6 is 11.3 Å². The lowest BCUT2D eigenvalue weighted by atomic mass is 9.87. The number of amides is 3. The molecule has 1 aromatic carbocycles. The molecule has 2 heterocycles. The predicted octanol–water partition coefficient (Wildman–Crippen LogP) is 3.16. The Morgan fingerprint density at radius 1 is 1.22 bits per heavy atom. The normalized spacial score (nSPS) is 19.6. The molecule has 1 aliphatic carbocycles. The van der Waals surface area contributed by atoms with Gasteiger partial charge in [-0.05, 0) is 56.2 Å². The molecule has 1 saturated carbocycles. The topological polar surface area (TPSA) is 108 Å². The van der Waals surface area contributed by atoms with Gasteiger partial charge in [0.1, 0.15) is 0 Å². The minimum absolute atomic E-state index is 0.110. The summed E-state index contributed by atoms with van der Waals surface area (Å²) in [7, 11) is -1.67. The number of aryl methyl sites for hydroxylation is 1. The van der Waals surface area contributed by atoms with Gasteiger partial charge in [-0.15, -0.1) is 11.3 Å². The number of anilines is 1. The Balaban J connectivity index is 1.54. The molecule has 10 heteroatoms. The molecule has 32 heavy (non-hydrogen) atoms. The monoisotopic (exact) mass is 476 g/mol. The van der Waals surface area contributed by atoms with Gasteiger partial charge in [0.2, 0.25) is 5.91 Å². The third-order valence-electron chi connectivity index (χ3n) is 6.10.